The van der Waals surface area contributed by atoms with Crippen LogP contribution in [0.25, 0.3) is 0 Å². The predicted octanol–water partition coefficient (Wildman–Crippen LogP) is 4.21. The van der Waals surface area contributed by atoms with Crippen molar-refractivity contribution in [3.05, 3.63) is 88.5 Å². The van der Waals surface area contributed by atoms with Crippen LogP contribution in [0.4, 0.5) is 5.69 Å². The molecule has 186 valence electrons. The lowest BCUT2D eigenvalue weighted by Crippen LogP contribution is -2.47. The summed E-state index contributed by atoms with van der Waals surface area (Å²) in [6, 6.07) is 18.3. The van der Waals surface area contributed by atoms with E-state index in [1.54, 1.807) is 0 Å². The van der Waals surface area contributed by atoms with Gasteiger partial charge in [-0.05, 0) is 62.1 Å². The summed E-state index contributed by atoms with van der Waals surface area (Å²) < 4.78 is 0. The van der Waals surface area contributed by atoms with Crippen LogP contribution in [-0.4, -0.2) is 65.4 Å². The Morgan fingerprint density at radius 3 is 2.19 bits per heavy atom. The summed E-state index contributed by atoms with van der Waals surface area (Å²) in [4.78, 5) is 28.7. The SMILES string of the molecule is Cc1ccc(C2(c3ccc(N4CCc5cnc(C(=O)N6CCN(C)CC6)nc5C4)cc3)CCC2)cc1. The highest BCUT2D eigenvalue weighted by atomic mass is 16.2. The molecule has 0 unspecified atom stereocenters. The van der Waals surface area contributed by atoms with E-state index < -0.39 is 0 Å². The molecule has 3 aliphatic rings. The number of rotatable bonds is 4. The number of aromatic nitrogens is 2. The normalized spacial score (nSPS) is 19.5. The van der Waals surface area contributed by atoms with Crippen molar-refractivity contribution >= 4 is 11.6 Å². The van der Waals surface area contributed by atoms with Gasteiger partial charge in [0.05, 0.1) is 12.2 Å². The molecule has 1 aliphatic carbocycles. The first-order valence-electron chi connectivity index (χ1n) is 13.3. The molecule has 3 heterocycles. The molecule has 36 heavy (non-hydrogen) atoms. The lowest BCUT2D eigenvalue weighted by atomic mass is 9.60. The molecule has 6 nitrogen and oxygen atoms in total. The van der Waals surface area contributed by atoms with Gasteiger partial charge in [0, 0.05) is 50.0 Å². The van der Waals surface area contributed by atoms with Gasteiger partial charge in [0.25, 0.3) is 5.91 Å². The standard InChI is InChI=1S/C30H35N5O/c1-22-4-6-24(7-5-22)30(13-3-14-30)25-8-10-26(11-9-25)35-15-12-23-20-31-28(32-27(23)21-35)29(36)34-18-16-33(2)17-19-34/h4-11,20H,3,12-19,21H2,1-2H3. The Labute approximate surface area is 214 Å². The molecule has 1 saturated carbocycles. The summed E-state index contributed by atoms with van der Waals surface area (Å²) in [6.07, 6.45) is 6.48. The molecule has 1 aromatic heterocycles. The zero-order valence-corrected chi connectivity index (χ0v) is 21.4. The smallest absolute Gasteiger partial charge is 0.291 e. The largest absolute Gasteiger partial charge is 0.365 e. The molecule has 0 atom stereocenters. The molecule has 0 bridgehead atoms. The molecule has 0 radical (unpaired) electrons. The van der Waals surface area contributed by atoms with Crippen molar-refractivity contribution < 1.29 is 4.79 Å². The minimum Gasteiger partial charge on any atom is -0.365 e. The topological polar surface area (TPSA) is 52.6 Å². The molecule has 0 spiro atoms. The summed E-state index contributed by atoms with van der Waals surface area (Å²) in [5.41, 5.74) is 7.68. The Balaban J connectivity index is 1.19. The maximum absolute atomic E-state index is 13.0. The fourth-order valence-electron chi connectivity index (χ4n) is 5.92. The van der Waals surface area contributed by atoms with E-state index in [0.29, 0.717) is 12.4 Å². The van der Waals surface area contributed by atoms with Crippen molar-refractivity contribution in [3.63, 3.8) is 0 Å². The summed E-state index contributed by atoms with van der Waals surface area (Å²) in [5.74, 6) is 0.287. The van der Waals surface area contributed by atoms with Gasteiger partial charge in [0.2, 0.25) is 5.82 Å². The zero-order valence-electron chi connectivity index (χ0n) is 21.4. The van der Waals surface area contributed by atoms with Crippen LogP contribution in [0.3, 0.4) is 0 Å². The van der Waals surface area contributed by atoms with Crippen molar-refractivity contribution in [2.24, 2.45) is 0 Å². The lowest BCUT2D eigenvalue weighted by molar-refractivity contribution is 0.0651. The number of aryl methyl sites for hydroxylation is 1. The molecule has 6 heteroatoms. The fourth-order valence-corrected chi connectivity index (χ4v) is 5.92. The Hall–Kier alpha value is -3.25. The van der Waals surface area contributed by atoms with E-state index in [0.717, 1.165) is 50.4 Å². The molecule has 3 aromatic rings. The average molecular weight is 482 g/mol. The molecular formula is C30H35N5O. The van der Waals surface area contributed by atoms with Gasteiger partial charge in [0.1, 0.15) is 0 Å². The number of likely N-dealkylation sites (N-methyl/N-ethyl adjacent to an activating group) is 1. The number of carbonyl (C=O) groups excluding carboxylic acids is 1. The second kappa shape index (κ2) is 9.32. The first kappa shape index (κ1) is 23.2. The molecule has 1 saturated heterocycles. The van der Waals surface area contributed by atoms with Gasteiger partial charge in [0.15, 0.2) is 0 Å². The van der Waals surface area contributed by atoms with Gasteiger partial charge in [-0.1, -0.05) is 48.4 Å². The minimum absolute atomic E-state index is 0.0470. The monoisotopic (exact) mass is 481 g/mol. The number of piperazine rings is 1. The van der Waals surface area contributed by atoms with Gasteiger partial charge >= 0.3 is 0 Å². The summed E-state index contributed by atoms with van der Waals surface area (Å²) in [5, 5.41) is 0. The van der Waals surface area contributed by atoms with Gasteiger partial charge in [-0.25, -0.2) is 9.97 Å². The number of hydrogen-bond acceptors (Lipinski definition) is 5. The quantitative estimate of drug-likeness (QED) is 0.559. The molecule has 0 N–H and O–H groups in total. The summed E-state index contributed by atoms with van der Waals surface area (Å²) in [6.45, 7) is 7.06. The summed E-state index contributed by atoms with van der Waals surface area (Å²) in [7, 11) is 2.09. The number of nitrogens with zero attached hydrogens (tertiary/aromatic N) is 5. The Morgan fingerprint density at radius 2 is 1.56 bits per heavy atom. The minimum atomic E-state index is -0.0470. The van der Waals surface area contributed by atoms with Gasteiger partial charge in [-0.15, -0.1) is 0 Å². The fraction of sp³-hybridized carbons (Fsp3) is 0.433. The van der Waals surface area contributed by atoms with Crippen molar-refractivity contribution in [2.45, 2.75) is 44.6 Å². The van der Waals surface area contributed by atoms with Crippen LogP contribution in [0.5, 0.6) is 0 Å². The number of fused-ring (bicyclic) bond motifs is 1. The molecule has 1 amide bonds. The van der Waals surface area contributed by atoms with Gasteiger partial charge < -0.3 is 14.7 Å². The Bertz CT molecular complexity index is 1240. The van der Waals surface area contributed by atoms with Gasteiger partial charge in [-0.2, -0.15) is 0 Å². The second-order valence-corrected chi connectivity index (χ2v) is 10.8. The maximum Gasteiger partial charge on any atom is 0.291 e. The van der Waals surface area contributed by atoms with E-state index in [9.17, 15) is 4.79 Å². The highest BCUT2D eigenvalue weighted by Gasteiger charge is 2.40. The third-order valence-electron chi connectivity index (χ3n) is 8.52. The number of amides is 1. The molecule has 2 aromatic carbocycles. The highest BCUT2D eigenvalue weighted by Crippen LogP contribution is 2.49. The van der Waals surface area contributed by atoms with Crippen LogP contribution >= 0.6 is 0 Å². The highest BCUT2D eigenvalue weighted by molar-refractivity contribution is 5.90. The number of anilines is 1. The predicted molar refractivity (Wildman–Crippen MR) is 142 cm³/mol. The van der Waals surface area contributed by atoms with Crippen LogP contribution in [0.1, 0.15) is 57.8 Å². The lowest BCUT2D eigenvalue weighted by Gasteiger charge is -2.43. The average Bonchev–Trinajstić information content (AvgIpc) is 2.89. The van der Waals surface area contributed by atoms with Crippen LogP contribution in [0.15, 0.2) is 54.7 Å². The Morgan fingerprint density at radius 1 is 0.889 bits per heavy atom. The van der Waals surface area contributed by atoms with Crippen LogP contribution in [0, 0.1) is 6.92 Å². The van der Waals surface area contributed by atoms with E-state index in [4.69, 9.17) is 4.98 Å². The number of carbonyl (C=O) groups is 1. The van der Waals surface area contributed by atoms with E-state index in [1.807, 2.05) is 11.1 Å². The van der Waals surface area contributed by atoms with Crippen LogP contribution in [0.2, 0.25) is 0 Å². The molecular weight excluding hydrogens is 446 g/mol. The van der Waals surface area contributed by atoms with Crippen molar-refractivity contribution in [3.8, 4) is 0 Å². The van der Waals surface area contributed by atoms with Crippen molar-refractivity contribution in [2.75, 3.05) is 44.7 Å². The first-order chi connectivity index (χ1) is 17.5. The van der Waals surface area contributed by atoms with Crippen molar-refractivity contribution in [1.82, 2.24) is 19.8 Å². The molecule has 2 fully saturated rings. The zero-order chi connectivity index (χ0) is 24.7. The molecule has 6 rings (SSSR count). The number of benzene rings is 2. The van der Waals surface area contributed by atoms with E-state index in [-0.39, 0.29) is 11.3 Å². The van der Waals surface area contributed by atoms with E-state index in [2.05, 4.69) is 77.3 Å². The van der Waals surface area contributed by atoms with Crippen LogP contribution in [-0.2, 0) is 18.4 Å². The Kier molecular flexibility index (Phi) is 6.00. The third kappa shape index (κ3) is 4.17. The second-order valence-electron chi connectivity index (χ2n) is 10.8. The van der Waals surface area contributed by atoms with Crippen molar-refractivity contribution in [1.29, 1.82) is 0 Å². The van der Waals surface area contributed by atoms with E-state index >= 15 is 0 Å². The van der Waals surface area contributed by atoms with Gasteiger partial charge in [-0.3, -0.25) is 4.79 Å². The first-order valence-corrected chi connectivity index (χ1v) is 13.3. The van der Waals surface area contributed by atoms with Crippen LogP contribution < -0.4 is 4.90 Å². The third-order valence-corrected chi connectivity index (χ3v) is 8.52. The summed E-state index contributed by atoms with van der Waals surface area (Å²) >= 11 is 0. The molecule has 2 aliphatic heterocycles. The van der Waals surface area contributed by atoms with E-state index in [1.165, 1.54) is 41.6 Å². The number of hydrogen-bond donors (Lipinski definition) is 0. The maximum atomic E-state index is 13.0.